The lowest BCUT2D eigenvalue weighted by Gasteiger charge is -2.46. The largest absolute Gasteiger partial charge is 0.403 e. The summed E-state index contributed by atoms with van der Waals surface area (Å²) >= 11 is 6.92. The van der Waals surface area contributed by atoms with E-state index < -0.39 is 38.8 Å². The lowest BCUT2D eigenvalue weighted by molar-refractivity contribution is -0.299. The van der Waals surface area contributed by atoms with Gasteiger partial charge in [0.1, 0.15) is 57.7 Å². The van der Waals surface area contributed by atoms with Crippen LogP contribution in [0.2, 0.25) is 10.1 Å². The molecule has 0 amide bonds. The summed E-state index contributed by atoms with van der Waals surface area (Å²) in [5, 5.41) is 2.75. The molecule has 1 fully saturated rings. The normalized spacial score (nSPS) is 21.6. The highest BCUT2D eigenvalue weighted by atomic mass is 35.5. The summed E-state index contributed by atoms with van der Waals surface area (Å²) < 4.78 is 59.4. The van der Waals surface area contributed by atoms with E-state index in [1.54, 1.807) is 28.4 Å². The lowest BCUT2D eigenvalue weighted by Crippen LogP contribution is -2.66. The lowest BCUT2D eigenvalue weighted by atomic mass is 9.90. The maximum absolute atomic E-state index is 7.24. The van der Waals surface area contributed by atoms with E-state index in [9.17, 15) is 0 Å². The molecule has 0 saturated carbocycles. The van der Waals surface area contributed by atoms with Crippen molar-refractivity contribution in [1.82, 2.24) is 0 Å². The van der Waals surface area contributed by atoms with Crippen LogP contribution < -0.4 is 10.4 Å². The van der Waals surface area contributed by atoms with E-state index in [-0.39, 0.29) is 45.4 Å². The molecule has 1 saturated heterocycles. The zero-order valence-electron chi connectivity index (χ0n) is 29.6. The molecule has 270 valence electrons. The summed E-state index contributed by atoms with van der Waals surface area (Å²) in [7, 11) is 3.39. The Balaban J connectivity index is 1.75. The molecular weight excluding hydrogens is 668 g/mol. The van der Waals surface area contributed by atoms with Crippen molar-refractivity contribution in [2.45, 2.75) is 62.9 Å². The van der Waals surface area contributed by atoms with Crippen molar-refractivity contribution < 1.29 is 47.1 Å². The summed E-state index contributed by atoms with van der Waals surface area (Å²) in [5.74, 6) is 0. The van der Waals surface area contributed by atoms with Crippen LogP contribution in [0.25, 0.3) is 0 Å². The van der Waals surface area contributed by atoms with E-state index in [2.05, 4.69) is 69.3 Å². The van der Waals surface area contributed by atoms with Crippen LogP contribution in [0.1, 0.15) is 38.0 Å². The fourth-order valence-electron chi connectivity index (χ4n) is 6.41. The highest BCUT2D eigenvalue weighted by Crippen LogP contribution is 2.40. The first-order chi connectivity index (χ1) is 23.7. The topological polar surface area (TPSA) is 92.3 Å². The highest BCUT2D eigenvalue weighted by Gasteiger charge is 2.51. The SMILES string of the molecule is COCOCC1OC(c2ccc(Cl)c(CO[Si](c3ccccc3)(c3ccccc3)C(C)(C)C)c2)C(OCOC)C(OCOC)C1OCOC. The minimum Gasteiger partial charge on any atom is -0.403 e. The van der Waals surface area contributed by atoms with Gasteiger partial charge in [-0.2, -0.15) is 0 Å². The van der Waals surface area contributed by atoms with E-state index in [0.29, 0.717) is 5.02 Å². The molecular formula is C37H51ClO10Si. The average molecular weight is 719 g/mol. The average Bonchev–Trinajstić information content (AvgIpc) is 3.10. The van der Waals surface area contributed by atoms with E-state index in [1.807, 2.05) is 30.3 Å². The number of halogens is 1. The maximum Gasteiger partial charge on any atom is 0.261 e. The third kappa shape index (κ3) is 9.76. The Morgan fingerprint density at radius 3 is 1.73 bits per heavy atom. The van der Waals surface area contributed by atoms with Crippen LogP contribution in [-0.4, -0.2) is 95.0 Å². The zero-order chi connectivity index (χ0) is 35.3. The van der Waals surface area contributed by atoms with Gasteiger partial charge in [-0.15, -0.1) is 0 Å². The zero-order valence-corrected chi connectivity index (χ0v) is 31.4. The molecule has 1 heterocycles. The Kier molecular flexibility index (Phi) is 15.7. The number of ether oxygens (including phenoxy) is 9. The summed E-state index contributed by atoms with van der Waals surface area (Å²) in [6.07, 6.45) is -3.14. The molecule has 49 heavy (non-hydrogen) atoms. The third-order valence-electron chi connectivity index (χ3n) is 8.51. The van der Waals surface area contributed by atoms with Gasteiger partial charge >= 0.3 is 0 Å². The number of rotatable bonds is 19. The number of hydrogen-bond donors (Lipinski definition) is 0. The van der Waals surface area contributed by atoms with E-state index >= 15 is 0 Å². The van der Waals surface area contributed by atoms with Gasteiger partial charge in [0.2, 0.25) is 0 Å². The molecule has 3 aromatic rings. The van der Waals surface area contributed by atoms with Crippen LogP contribution in [-0.2, 0) is 53.7 Å². The Hall–Kier alpha value is -2.23. The van der Waals surface area contributed by atoms with Crippen LogP contribution >= 0.6 is 11.6 Å². The minimum atomic E-state index is -2.84. The van der Waals surface area contributed by atoms with Gasteiger partial charge in [0.15, 0.2) is 0 Å². The summed E-state index contributed by atoms with van der Waals surface area (Å²) in [4.78, 5) is 0. The Morgan fingerprint density at radius 2 is 1.20 bits per heavy atom. The van der Waals surface area contributed by atoms with Crippen LogP contribution in [0.3, 0.4) is 0 Å². The molecule has 0 radical (unpaired) electrons. The van der Waals surface area contributed by atoms with Gasteiger partial charge in [-0.3, -0.25) is 0 Å². The predicted molar refractivity (Wildman–Crippen MR) is 190 cm³/mol. The van der Waals surface area contributed by atoms with Crippen molar-refractivity contribution in [3.63, 3.8) is 0 Å². The quantitative estimate of drug-likeness (QED) is 0.0907. The van der Waals surface area contributed by atoms with Crippen LogP contribution in [0, 0.1) is 0 Å². The number of methoxy groups -OCH3 is 4. The molecule has 10 nitrogen and oxygen atoms in total. The van der Waals surface area contributed by atoms with Gasteiger partial charge in [-0.05, 0) is 38.7 Å². The van der Waals surface area contributed by atoms with E-state index in [4.69, 9.17) is 58.7 Å². The minimum absolute atomic E-state index is 0.000906. The Bertz CT molecular complexity index is 1340. The van der Waals surface area contributed by atoms with Crippen molar-refractivity contribution in [3.8, 4) is 0 Å². The van der Waals surface area contributed by atoms with Crippen LogP contribution in [0.4, 0.5) is 0 Å². The van der Waals surface area contributed by atoms with E-state index in [0.717, 1.165) is 11.1 Å². The Labute approximate surface area is 296 Å². The van der Waals surface area contributed by atoms with Gasteiger partial charge < -0.3 is 47.1 Å². The van der Waals surface area contributed by atoms with Gasteiger partial charge in [0.05, 0.1) is 13.2 Å². The molecule has 0 N–H and O–H groups in total. The molecule has 3 aromatic carbocycles. The van der Waals surface area contributed by atoms with Crippen molar-refractivity contribution in [1.29, 1.82) is 0 Å². The third-order valence-corrected chi connectivity index (χ3v) is 13.9. The van der Waals surface area contributed by atoms with Crippen molar-refractivity contribution in [2.75, 3.05) is 62.2 Å². The second-order valence-corrected chi connectivity index (χ2v) is 17.5. The van der Waals surface area contributed by atoms with Crippen molar-refractivity contribution >= 4 is 30.3 Å². The fraction of sp³-hybridized carbons (Fsp3) is 0.514. The molecule has 0 aliphatic carbocycles. The van der Waals surface area contributed by atoms with Gasteiger partial charge in [0, 0.05) is 33.5 Å². The molecule has 4 rings (SSSR count). The highest BCUT2D eigenvalue weighted by molar-refractivity contribution is 6.99. The first kappa shape index (κ1) is 39.6. The standard InChI is InChI=1S/C37H51ClO10Si/c1-37(2,3)49(29-14-10-8-11-15-29,30-16-12-9-13-17-30)47-21-28-20-27(18-19-31(28)38)33-35(45-25-41-6)36(46-26-42-7)34(44-24-40-5)32(48-33)22-43-23-39-4/h8-20,32-36H,21-26H2,1-7H3. The number of benzene rings is 3. The molecule has 0 bridgehead atoms. The second kappa shape index (κ2) is 19.4. The monoisotopic (exact) mass is 718 g/mol. The van der Waals surface area contributed by atoms with Crippen LogP contribution in [0.5, 0.6) is 0 Å². The smallest absolute Gasteiger partial charge is 0.261 e. The second-order valence-electron chi connectivity index (χ2n) is 12.8. The van der Waals surface area contributed by atoms with E-state index in [1.165, 1.54) is 10.4 Å². The molecule has 5 unspecified atom stereocenters. The number of hydrogen-bond acceptors (Lipinski definition) is 10. The molecule has 0 aromatic heterocycles. The van der Waals surface area contributed by atoms with Crippen molar-refractivity contribution in [3.05, 3.63) is 95.0 Å². The van der Waals surface area contributed by atoms with Gasteiger partial charge in [0.25, 0.3) is 8.32 Å². The van der Waals surface area contributed by atoms with Crippen LogP contribution in [0.15, 0.2) is 78.9 Å². The first-order valence-corrected chi connectivity index (χ1v) is 18.6. The molecule has 5 atom stereocenters. The van der Waals surface area contributed by atoms with Gasteiger partial charge in [-0.1, -0.05) is 99.1 Å². The van der Waals surface area contributed by atoms with Crippen molar-refractivity contribution in [2.24, 2.45) is 0 Å². The summed E-state index contributed by atoms with van der Waals surface area (Å²) in [5.41, 5.74) is 1.64. The molecule has 1 aliphatic heterocycles. The molecule has 0 spiro atoms. The fourth-order valence-corrected chi connectivity index (χ4v) is 11.1. The Morgan fingerprint density at radius 1 is 0.673 bits per heavy atom. The van der Waals surface area contributed by atoms with Gasteiger partial charge in [-0.25, -0.2) is 0 Å². The molecule has 1 aliphatic rings. The summed E-state index contributed by atoms with van der Waals surface area (Å²) in [6, 6.07) is 26.8. The first-order valence-electron chi connectivity index (χ1n) is 16.3. The predicted octanol–water partition coefficient (Wildman–Crippen LogP) is 5.44. The summed E-state index contributed by atoms with van der Waals surface area (Å²) in [6.45, 7) is 7.28. The maximum atomic E-state index is 7.24. The molecule has 12 heteroatoms.